The summed E-state index contributed by atoms with van der Waals surface area (Å²) in [6.45, 7) is 7.67. The molecule has 0 aliphatic carbocycles. The van der Waals surface area contributed by atoms with Crippen LogP contribution in [0.5, 0.6) is 11.5 Å². The van der Waals surface area contributed by atoms with Crippen LogP contribution in [0.15, 0.2) is 18.2 Å². The summed E-state index contributed by atoms with van der Waals surface area (Å²) in [4.78, 5) is 0. The molecular formula is C13H18O3. The largest absolute Gasteiger partial charge is 0.504 e. The fraction of sp³-hybridized carbons (Fsp3) is 0.538. The second-order valence-electron chi connectivity index (χ2n) is 5.20. The van der Waals surface area contributed by atoms with Crippen molar-refractivity contribution in [3.8, 4) is 11.5 Å². The number of hydrogen-bond donors (Lipinski definition) is 1. The summed E-state index contributed by atoms with van der Waals surface area (Å²) >= 11 is 0. The maximum absolute atomic E-state index is 9.67. The minimum atomic E-state index is 0.0574. The average molecular weight is 222 g/mol. The van der Waals surface area contributed by atoms with Gasteiger partial charge in [-0.05, 0) is 23.1 Å². The summed E-state index contributed by atoms with van der Waals surface area (Å²) in [6, 6.07) is 5.51. The van der Waals surface area contributed by atoms with Crippen molar-refractivity contribution >= 4 is 0 Å². The number of benzene rings is 1. The third kappa shape index (κ3) is 2.67. The number of epoxide rings is 1. The highest BCUT2D eigenvalue weighted by molar-refractivity contribution is 5.43. The minimum absolute atomic E-state index is 0.0574. The molecule has 3 nitrogen and oxygen atoms in total. The molecule has 1 unspecified atom stereocenters. The molecule has 1 aliphatic heterocycles. The predicted octanol–water partition coefficient (Wildman–Crippen LogP) is 2.47. The molecule has 0 aromatic heterocycles. The van der Waals surface area contributed by atoms with Gasteiger partial charge >= 0.3 is 0 Å². The summed E-state index contributed by atoms with van der Waals surface area (Å²) < 4.78 is 10.6. The quantitative estimate of drug-likeness (QED) is 0.799. The molecule has 1 saturated heterocycles. The van der Waals surface area contributed by atoms with E-state index in [-0.39, 0.29) is 17.3 Å². The third-order valence-electron chi connectivity index (χ3n) is 2.65. The van der Waals surface area contributed by atoms with Crippen LogP contribution in [0, 0.1) is 0 Å². The van der Waals surface area contributed by atoms with Gasteiger partial charge in [-0.15, -0.1) is 0 Å². The molecule has 0 radical (unpaired) electrons. The first-order valence-corrected chi connectivity index (χ1v) is 5.55. The molecule has 2 rings (SSSR count). The van der Waals surface area contributed by atoms with Crippen LogP contribution in [0.4, 0.5) is 0 Å². The molecule has 1 atom stereocenters. The molecule has 3 heteroatoms. The van der Waals surface area contributed by atoms with Crippen LogP contribution in [0.25, 0.3) is 0 Å². The lowest BCUT2D eigenvalue weighted by Crippen LogP contribution is -2.11. The van der Waals surface area contributed by atoms with Gasteiger partial charge < -0.3 is 14.6 Å². The smallest absolute Gasteiger partial charge is 0.161 e. The van der Waals surface area contributed by atoms with E-state index in [0.717, 1.165) is 12.2 Å². The monoisotopic (exact) mass is 222 g/mol. The topological polar surface area (TPSA) is 42.0 Å². The third-order valence-corrected chi connectivity index (χ3v) is 2.65. The Morgan fingerprint density at radius 1 is 1.44 bits per heavy atom. The molecule has 0 saturated carbocycles. The lowest BCUT2D eigenvalue weighted by Gasteiger charge is -2.20. The fourth-order valence-corrected chi connectivity index (χ4v) is 1.44. The van der Waals surface area contributed by atoms with E-state index in [4.69, 9.17) is 9.47 Å². The Morgan fingerprint density at radius 3 is 2.69 bits per heavy atom. The van der Waals surface area contributed by atoms with Crippen molar-refractivity contribution in [3.05, 3.63) is 23.8 Å². The van der Waals surface area contributed by atoms with E-state index in [1.807, 2.05) is 12.1 Å². The van der Waals surface area contributed by atoms with Crippen LogP contribution in [0.2, 0.25) is 0 Å². The Morgan fingerprint density at radius 2 is 2.12 bits per heavy atom. The van der Waals surface area contributed by atoms with E-state index >= 15 is 0 Å². The van der Waals surface area contributed by atoms with Gasteiger partial charge in [-0.2, -0.15) is 0 Å². The zero-order valence-electron chi connectivity index (χ0n) is 9.99. The first kappa shape index (κ1) is 11.3. The van der Waals surface area contributed by atoms with Crippen molar-refractivity contribution < 1.29 is 14.6 Å². The number of aromatic hydroxyl groups is 1. The summed E-state index contributed by atoms with van der Waals surface area (Å²) in [5.74, 6) is 0.733. The molecule has 1 N–H and O–H groups in total. The number of rotatable bonds is 3. The van der Waals surface area contributed by atoms with Gasteiger partial charge in [0, 0.05) is 0 Å². The molecule has 0 spiro atoms. The summed E-state index contributed by atoms with van der Waals surface area (Å²) in [5, 5.41) is 9.67. The first-order valence-electron chi connectivity index (χ1n) is 5.55. The van der Waals surface area contributed by atoms with Gasteiger partial charge in [-0.1, -0.05) is 26.8 Å². The highest BCUT2D eigenvalue weighted by Crippen LogP contribution is 2.32. The number of phenols is 1. The first-order chi connectivity index (χ1) is 7.47. The number of ether oxygens (including phenoxy) is 2. The summed E-state index contributed by atoms with van der Waals surface area (Å²) in [6.07, 6.45) is 0.206. The average Bonchev–Trinajstić information content (AvgIpc) is 2.98. The van der Waals surface area contributed by atoms with E-state index in [0.29, 0.717) is 12.4 Å². The lowest BCUT2D eigenvalue weighted by atomic mass is 9.87. The van der Waals surface area contributed by atoms with Gasteiger partial charge in [0.05, 0.1) is 6.61 Å². The Kier molecular flexibility index (Phi) is 2.80. The van der Waals surface area contributed by atoms with Crippen LogP contribution < -0.4 is 4.74 Å². The maximum Gasteiger partial charge on any atom is 0.161 e. The van der Waals surface area contributed by atoms with Crippen molar-refractivity contribution in [2.45, 2.75) is 32.3 Å². The van der Waals surface area contributed by atoms with Gasteiger partial charge in [0.15, 0.2) is 11.5 Å². The van der Waals surface area contributed by atoms with Gasteiger partial charge in [-0.3, -0.25) is 0 Å². The van der Waals surface area contributed by atoms with Crippen LogP contribution in [-0.4, -0.2) is 24.4 Å². The fourth-order valence-electron chi connectivity index (χ4n) is 1.44. The molecule has 0 bridgehead atoms. The number of phenolic OH excluding ortho intramolecular Hbond substituents is 1. The van der Waals surface area contributed by atoms with Crippen LogP contribution in [0.3, 0.4) is 0 Å². The van der Waals surface area contributed by atoms with Gasteiger partial charge in [-0.25, -0.2) is 0 Å². The Balaban J connectivity index is 2.14. The van der Waals surface area contributed by atoms with Crippen molar-refractivity contribution in [1.82, 2.24) is 0 Å². The molecule has 1 fully saturated rings. The minimum Gasteiger partial charge on any atom is -0.504 e. The highest BCUT2D eigenvalue weighted by atomic mass is 16.6. The van der Waals surface area contributed by atoms with Crippen molar-refractivity contribution in [1.29, 1.82) is 0 Å². The zero-order valence-corrected chi connectivity index (χ0v) is 9.99. The lowest BCUT2D eigenvalue weighted by molar-refractivity contribution is 0.253. The Labute approximate surface area is 96.0 Å². The van der Waals surface area contributed by atoms with Gasteiger partial charge in [0.25, 0.3) is 0 Å². The molecule has 88 valence electrons. The van der Waals surface area contributed by atoms with Gasteiger partial charge in [0.2, 0.25) is 0 Å². The van der Waals surface area contributed by atoms with E-state index in [9.17, 15) is 5.11 Å². The molecular weight excluding hydrogens is 204 g/mol. The normalized spacial score (nSPS) is 19.6. The van der Waals surface area contributed by atoms with E-state index < -0.39 is 0 Å². The second-order valence-corrected chi connectivity index (χ2v) is 5.20. The van der Waals surface area contributed by atoms with E-state index in [1.54, 1.807) is 6.07 Å². The van der Waals surface area contributed by atoms with Crippen LogP contribution >= 0.6 is 0 Å². The summed E-state index contributed by atoms with van der Waals surface area (Å²) in [5.41, 5.74) is 1.21. The molecule has 16 heavy (non-hydrogen) atoms. The summed E-state index contributed by atoms with van der Waals surface area (Å²) in [7, 11) is 0. The molecule has 1 aromatic carbocycles. The van der Waals surface area contributed by atoms with Crippen LogP contribution in [-0.2, 0) is 10.2 Å². The molecule has 0 amide bonds. The predicted molar refractivity (Wildman–Crippen MR) is 62.0 cm³/mol. The Hall–Kier alpha value is -1.22. The maximum atomic E-state index is 9.67. The van der Waals surface area contributed by atoms with Crippen molar-refractivity contribution in [2.24, 2.45) is 0 Å². The van der Waals surface area contributed by atoms with Gasteiger partial charge in [0.1, 0.15) is 12.7 Å². The van der Waals surface area contributed by atoms with Crippen molar-refractivity contribution in [2.75, 3.05) is 13.2 Å². The molecule has 1 aromatic rings. The standard InChI is InChI=1S/C13H18O3/c1-13(2,3)9-4-5-11(14)12(6-9)16-8-10-7-15-10/h4-6,10,14H,7-8H2,1-3H3. The molecule has 1 aliphatic rings. The second kappa shape index (κ2) is 3.98. The molecule has 1 heterocycles. The highest BCUT2D eigenvalue weighted by Gasteiger charge is 2.24. The van der Waals surface area contributed by atoms with E-state index in [2.05, 4.69) is 20.8 Å². The van der Waals surface area contributed by atoms with Crippen LogP contribution in [0.1, 0.15) is 26.3 Å². The van der Waals surface area contributed by atoms with E-state index in [1.165, 1.54) is 0 Å². The zero-order chi connectivity index (χ0) is 11.8. The van der Waals surface area contributed by atoms with Crippen molar-refractivity contribution in [3.63, 3.8) is 0 Å². The Bertz CT molecular complexity index is 375. The SMILES string of the molecule is CC(C)(C)c1ccc(O)c(OCC2CO2)c1. The number of hydrogen-bond acceptors (Lipinski definition) is 3.